The summed E-state index contributed by atoms with van der Waals surface area (Å²) in [5.41, 5.74) is 3.91. The molecule has 3 rings (SSSR count). The maximum Gasteiger partial charge on any atom is 0.311 e. The molecule has 1 unspecified atom stereocenters. The number of esters is 1. The van der Waals surface area contributed by atoms with Crippen molar-refractivity contribution >= 4 is 23.5 Å². The van der Waals surface area contributed by atoms with Crippen LogP contribution in [-0.4, -0.2) is 35.8 Å². The predicted molar refractivity (Wildman–Crippen MR) is 105 cm³/mol. The first-order valence-electron chi connectivity index (χ1n) is 9.27. The van der Waals surface area contributed by atoms with Crippen LogP contribution in [0.5, 0.6) is 0 Å². The number of nitrogens with one attached hydrogen (secondary N) is 1. The lowest BCUT2D eigenvalue weighted by atomic mass is 10.1. The number of hydrogen-bond acceptors (Lipinski definition) is 4. The second-order valence-corrected chi connectivity index (χ2v) is 7.18. The van der Waals surface area contributed by atoms with E-state index >= 15 is 0 Å². The highest BCUT2D eigenvalue weighted by Crippen LogP contribution is 2.21. The Hall–Kier alpha value is -3.15. The molecule has 0 spiro atoms. The van der Waals surface area contributed by atoms with Crippen LogP contribution in [0.3, 0.4) is 0 Å². The highest BCUT2D eigenvalue weighted by molar-refractivity contribution is 5.93. The Morgan fingerprint density at radius 2 is 1.64 bits per heavy atom. The number of likely N-dealkylation sites (tertiary alicyclic amines) is 1. The number of anilines is 1. The summed E-state index contributed by atoms with van der Waals surface area (Å²) in [4.78, 5) is 38.1. The number of carbonyl (C=O) groups excluding carboxylic acids is 3. The van der Waals surface area contributed by atoms with Crippen LogP contribution in [0.2, 0.25) is 0 Å². The lowest BCUT2D eigenvalue weighted by Gasteiger charge is -2.16. The van der Waals surface area contributed by atoms with Crippen molar-refractivity contribution < 1.29 is 19.1 Å². The molecule has 2 aromatic rings. The minimum atomic E-state index is -0.537. The quantitative estimate of drug-likeness (QED) is 0.782. The van der Waals surface area contributed by atoms with E-state index in [1.54, 1.807) is 17.0 Å². The molecular weight excluding hydrogens is 356 g/mol. The molecule has 1 saturated heterocycles. The van der Waals surface area contributed by atoms with Crippen molar-refractivity contribution in [1.29, 1.82) is 0 Å². The molecule has 146 valence electrons. The number of aryl methyl sites for hydroxylation is 2. The molecule has 1 N–H and O–H groups in total. The van der Waals surface area contributed by atoms with E-state index in [-0.39, 0.29) is 18.9 Å². The number of amides is 2. The maximum atomic E-state index is 12.3. The van der Waals surface area contributed by atoms with E-state index in [1.807, 2.05) is 50.2 Å². The normalized spacial score (nSPS) is 16.1. The van der Waals surface area contributed by atoms with Crippen molar-refractivity contribution in [2.75, 3.05) is 18.5 Å². The van der Waals surface area contributed by atoms with Crippen molar-refractivity contribution in [2.45, 2.75) is 26.8 Å². The SMILES string of the molecule is Cc1ccc(CN2CC(C(=O)OCC(=O)Nc3ccc(C)cc3)CC2=O)cc1. The van der Waals surface area contributed by atoms with Gasteiger partial charge in [-0.15, -0.1) is 0 Å². The number of rotatable bonds is 6. The summed E-state index contributed by atoms with van der Waals surface area (Å²) in [7, 11) is 0. The average molecular weight is 380 g/mol. The number of benzene rings is 2. The average Bonchev–Trinajstić information content (AvgIpc) is 3.04. The van der Waals surface area contributed by atoms with Crippen molar-refractivity contribution in [2.24, 2.45) is 5.92 Å². The Kier molecular flexibility index (Phi) is 6.09. The molecule has 0 aromatic heterocycles. The Balaban J connectivity index is 1.46. The summed E-state index contributed by atoms with van der Waals surface area (Å²) >= 11 is 0. The van der Waals surface area contributed by atoms with Crippen LogP contribution >= 0.6 is 0 Å². The van der Waals surface area contributed by atoms with Crippen LogP contribution < -0.4 is 5.32 Å². The number of nitrogens with zero attached hydrogens (tertiary/aromatic N) is 1. The summed E-state index contributed by atoms with van der Waals surface area (Å²) in [6, 6.07) is 15.3. The summed E-state index contributed by atoms with van der Waals surface area (Å²) in [5.74, 6) is -1.53. The molecule has 6 nitrogen and oxygen atoms in total. The second-order valence-electron chi connectivity index (χ2n) is 7.18. The second kappa shape index (κ2) is 8.69. The zero-order chi connectivity index (χ0) is 20.1. The van der Waals surface area contributed by atoms with E-state index in [4.69, 9.17) is 4.74 Å². The Morgan fingerprint density at radius 1 is 1.04 bits per heavy atom. The van der Waals surface area contributed by atoms with Crippen LogP contribution in [0, 0.1) is 19.8 Å². The van der Waals surface area contributed by atoms with Gasteiger partial charge in [-0.1, -0.05) is 47.5 Å². The molecular formula is C22H24N2O4. The third kappa shape index (κ3) is 5.19. The molecule has 0 radical (unpaired) electrons. The van der Waals surface area contributed by atoms with Crippen molar-refractivity contribution in [3.8, 4) is 0 Å². The number of ether oxygens (including phenoxy) is 1. The van der Waals surface area contributed by atoms with Gasteiger partial charge in [0.25, 0.3) is 5.91 Å². The largest absolute Gasteiger partial charge is 0.455 e. The third-order valence-electron chi connectivity index (χ3n) is 4.72. The molecule has 1 aliphatic rings. The number of carbonyl (C=O) groups is 3. The van der Waals surface area contributed by atoms with E-state index < -0.39 is 17.8 Å². The van der Waals surface area contributed by atoms with E-state index in [9.17, 15) is 14.4 Å². The smallest absolute Gasteiger partial charge is 0.311 e. The Morgan fingerprint density at radius 3 is 2.29 bits per heavy atom. The lowest BCUT2D eigenvalue weighted by Crippen LogP contribution is -2.28. The van der Waals surface area contributed by atoms with E-state index in [0.717, 1.165) is 16.7 Å². The van der Waals surface area contributed by atoms with Gasteiger partial charge < -0.3 is 15.0 Å². The van der Waals surface area contributed by atoms with Gasteiger partial charge in [0.2, 0.25) is 5.91 Å². The highest BCUT2D eigenvalue weighted by Gasteiger charge is 2.35. The first kappa shape index (κ1) is 19.6. The van der Waals surface area contributed by atoms with E-state index in [0.29, 0.717) is 18.8 Å². The summed E-state index contributed by atoms with van der Waals surface area (Å²) < 4.78 is 5.12. The molecule has 0 saturated carbocycles. The van der Waals surface area contributed by atoms with Crippen LogP contribution in [0.4, 0.5) is 5.69 Å². The predicted octanol–water partition coefficient (Wildman–Crippen LogP) is 2.83. The highest BCUT2D eigenvalue weighted by atomic mass is 16.5. The Labute approximate surface area is 164 Å². The van der Waals surface area contributed by atoms with Crippen LogP contribution in [0.15, 0.2) is 48.5 Å². The van der Waals surface area contributed by atoms with Gasteiger partial charge in [0.1, 0.15) is 0 Å². The van der Waals surface area contributed by atoms with Gasteiger partial charge >= 0.3 is 5.97 Å². The molecule has 1 heterocycles. The monoisotopic (exact) mass is 380 g/mol. The molecule has 1 fully saturated rings. The molecule has 2 aromatic carbocycles. The molecule has 1 atom stereocenters. The van der Waals surface area contributed by atoms with Gasteiger partial charge in [0.05, 0.1) is 5.92 Å². The van der Waals surface area contributed by atoms with Gasteiger partial charge in [0.15, 0.2) is 6.61 Å². The first-order chi connectivity index (χ1) is 13.4. The van der Waals surface area contributed by atoms with E-state index in [2.05, 4.69) is 5.32 Å². The Bertz CT molecular complexity index is 859. The summed E-state index contributed by atoms with van der Waals surface area (Å²) in [6.07, 6.45) is 0.115. The molecule has 6 heteroatoms. The topological polar surface area (TPSA) is 75.7 Å². The summed E-state index contributed by atoms with van der Waals surface area (Å²) in [5, 5.41) is 2.68. The minimum absolute atomic E-state index is 0.0772. The van der Waals surface area contributed by atoms with Gasteiger partial charge in [0, 0.05) is 25.2 Å². The zero-order valence-electron chi connectivity index (χ0n) is 16.1. The molecule has 2 amide bonds. The van der Waals surface area contributed by atoms with Gasteiger partial charge in [-0.25, -0.2) is 0 Å². The van der Waals surface area contributed by atoms with Crippen molar-refractivity contribution in [3.63, 3.8) is 0 Å². The zero-order valence-corrected chi connectivity index (χ0v) is 16.1. The van der Waals surface area contributed by atoms with Gasteiger partial charge in [-0.2, -0.15) is 0 Å². The molecule has 1 aliphatic heterocycles. The minimum Gasteiger partial charge on any atom is -0.455 e. The molecule has 0 aliphatic carbocycles. The van der Waals surface area contributed by atoms with Crippen molar-refractivity contribution in [3.05, 3.63) is 65.2 Å². The number of hydrogen-bond donors (Lipinski definition) is 1. The third-order valence-corrected chi connectivity index (χ3v) is 4.72. The van der Waals surface area contributed by atoms with Crippen LogP contribution in [0.25, 0.3) is 0 Å². The van der Waals surface area contributed by atoms with Gasteiger partial charge in [-0.3, -0.25) is 14.4 Å². The fourth-order valence-corrected chi connectivity index (χ4v) is 3.09. The standard InChI is InChI=1S/C22H24N2O4/c1-15-3-7-17(8-4-15)12-24-13-18(11-21(24)26)22(27)28-14-20(25)23-19-9-5-16(2)6-10-19/h3-10,18H,11-14H2,1-2H3,(H,23,25). The van der Waals surface area contributed by atoms with Crippen molar-refractivity contribution in [1.82, 2.24) is 4.90 Å². The van der Waals surface area contributed by atoms with E-state index in [1.165, 1.54) is 0 Å². The van der Waals surface area contributed by atoms with Gasteiger partial charge in [-0.05, 0) is 31.5 Å². The van der Waals surface area contributed by atoms with Crippen LogP contribution in [-0.2, 0) is 25.7 Å². The maximum absolute atomic E-state index is 12.3. The molecule has 28 heavy (non-hydrogen) atoms. The summed E-state index contributed by atoms with van der Waals surface area (Å²) in [6.45, 7) is 4.38. The molecule has 0 bridgehead atoms. The van der Waals surface area contributed by atoms with Crippen LogP contribution in [0.1, 0.15) is 23.1 Å². The lowest BCUT2D eigenvalue weighted by molar-refractivity contribution is -0.151. The first-order valence-corrected chi connectivity index (χ1v) is 9.27. The fraction of sp³-hybridized carbons (Fsp3) is 0.318. The fourth-order valence-electron chi connectivity index (χ4n) is 3.09.